The van der Waals surface area contributed by atoms with Crippen LogP contribution in [0.4, 0.5) is 13.2 Å². The number of aliphatic hydroxyl groups excluding tert-OH is 2. The Balaban J connectivity index is 2.09. The van der Waals surface area contributed by atoms with Gasteiger partial charge in [-0.05, 0) is 54.1 Å². The Labute approximate surface area is 146 Å². The van der Waals surface area contributed by atoms with Crippen LogP contribution >= 0.6 is 11.3 Å². The van der Waals surface area contributed by atoms with Crippen molar-refractivity contribution < 1.29 is 23.4 Å². The summed E-state index contributed by atoms with van der Waals surface area (Å²) in [7, 11) is 0. The lowest BCUT2D eigenvalue weighted by Gasteiger charge is -2.13. The van der Waals surface area contributed by atoms with Crippen LogP contribution in [-0.4, -0.2) is 27.9 Å². The lowest BCUT2D eigenvalue weighted by molar-refractivity contribution is -0.137. The average molecular weight is 367 g/mol. The number of fused-ring (bicyclic) bond motifs is 1. The van der Waals surface area contributed by atoms with Gasteiger partial charge in [0.05, 0.1) is 29.5 Å². The van der Waals surface area contributed by atoms with E-state index in [0.717, 1.165) is 23.3 Å². The van der Waals surface area contributed by atoms with E-state index in [-0.39, 0.29) is 6.61 Å². The van der Waals surface area contributed by atoms with Crippen molar-refractivity contribution in [2.45, 2.75) is 25.1 Å². The second-order valence-corrected chi connectivity index (χ2v) is 6.57. The maximum atomic E-state index is 12.9. The first-order chi connectivity index (χ1) is 11.9. The molecule has 3 rings (SSSR count). The standard InChI is InChI=1S/C18H16F3NO2S/c19-18(20,21)14-2-4-16-13(8-14)7-11(1-3-15(24)9-23)17(22-16)12-5-6-25-10-12/h2,4-8,10,15,23-24H,1,3,9H2. The van der Waals surface area contributed by atoms with E-state index >= 15 is 0 Å². The molecule has 2 N–H and O–H groups in total. The van der Waals surface area contributed by atoms with Gasteiger partial charge in [0.2, 0.25) is 0 Å². The van der Waals surface area contributed by atoms with Gasteiger partial charge in [-0.1, -0.05) is 0 Å². The number of thiophene rings is 1. The van der Waals surface area contributed by atoms with Crippen LogP contribution in [0.15, 0.2) is 41.1 Å². The highest BCUT2D eigenvalue weighted by Gasteiger charge is 2.30. The monoisotopic (exact) mass is 367 g/mol. The third-order valence-electron chi connectivity index (χ3n) is 3.97. The molecule has 1 unspecified atom stereocenters. The summed E-state index contributed by atoms with van der Waals surface area (Å²) in [6, 6.07) is 7.08. The molecule has 0 bridgehead atoms. The number of benzene rings is 1. The summed E-state index contributed by atoms with van der Waals surface area (Å²) >= 11 is 1.51. The number of halogens is 3. The highest BCUT2D eigenvalue weighted by Crippen LogP contribution is 2.33. The van der Waals surface area contributed by atoms with E-state index in [1.807, 2.05) is 16.8 Å². The van der Waals surface area contributed by atoms with Gasteiger partial charge in [-0.25, -0.2) is 4.98 Å². The maximum absolute atomic E-state index is 12.9. The topological polar surface area (TPSA) is 53.4 Å². The molecule has 0 fully saturated rings. The minimum atomic E-state index is -4.41. The van der Waals surface area contributed by atoms with Gasteiger partial charge in [0.15, 0.2) is 0 Å². The Morgan fingerprint density at radius 1 is 1.16 bits per heavy atom. The first-order valence-corrected chi connectivity index (χ1v) is 8.65. The largest absolute Gasteiger partial charge is 0.416 e. The Hall–Kier alpha value is -1.96. The molecule has 0 aliphatic rings. The number of hydrogen-bond acceptors (Lipinski definition) is 4. The van der Waals surface area contributed by atoms with E-state index in [1.54, 1.807) is 6.07 Å². The summed E-state index contributed by atoms with van der Waals surface area (Å²) in [6.45, 7) is -0.354. The van der Waals surface area contributed by atoms with Crippen molar-refractivity contribution in [3.8, 4) is 11.3 Å². The smallest absolute Gasteiger partial charge is 0.394 e. The van der Waals surface area contributed by atoms with Gasteiger partial charge in [-0.15, -0.1) is 0 Å². The maximum Gasteiger partial charge on any atom is 0.416 e. The minimum Gasteiger partial charge on any atom is -0.394 e. The number of aryl methyl sites for hydroxylation is 1. The van der Waals surface area contributed by atoms with Gasteiger partial charge in [0.1, 0.15) is 0 Å². The molecule has 0 amide bonds. The van der Waals surface area contributed by atoms with E-state index in [0.29, 0.717) is 29.4 Å². The summed E-state index contributed by atoms with van der Waals surface area (Å²) in [5, 5.41) is 22.8. The molecular formula is C18H16F3NO2S. The van der Waals surface area contributed by atoms with Crippen molar-refractivity contribution >= 4 is 22.2 Å². The summed E-state index contributed by atoms with van der Waals surface area (Å²) in [5.41, 5.74) is 2.10. The van der Waals surface area contributed by atoms with Crippen molar-refractivity contribution in [3.63, 3.8) is 0 Å². The van der Waals surface area contributed by atoms with E-state index < -0.39 is 17.8 Å². The first-order valence-electron chi connectivity index (χ1n) is 7.71. The van der Waals surface area contributed by atoms with Gasteiger partial charge < -0.3 is 10.2 Å². The van der Waals surface area contributed by atoms with Crippen LogP contribution in [0.2, 0.25) is 0 Å². The van der Waals surface area contributed by atoms with E-state index in [4.69, 9.17) is 5.11 Å². The molecule has 1 aromatic carbocycles. The van der Waals surface area contributed by atoms with E-state index in [9.17, 15) is 18.3 Å². The van der Waals surface area contributed by atoms with Gasteiger partial charge >= 0.3 is 6.18 Å². The molecule has 2 aromatic heterocycles. The molecule has 7 heteroatoms. The third kappa shape index (κ3) is 4.00. The summed E-state index contributed by atoms with van der Waals surface area (Å²) in [5.74, 6) is 0. The molecule has 3 nitrogen and oxygen atoms in total. The quantitative estimate of drug-likeness (QED) is 0.708. The molecule has 25 heavy (non-hydrogen) atoms. The Morgan fingerprint density at radius 2 is 1.96 bits per heavy atom. The van der Waals surface area contributed by atoms with Crippen LogP contribution < -0.4 is 0 Å². The number of hydrogen-bond donors (Lipinski definition) is 2. The van der Waals surface area contributed by atoms with Crippen LogP contribution in [0.25, 0.3) is 22.2 Å². The minimum absolute atomic E-state index is 0.305. The Bertz CT molecular complexity index is 863. The van der Waals surface area contributed by atoms with E-state index in [1.165, 1.54) is 17.4 Å². The number of nitrogens with zero attached hydrogens (tertiary/aromatic N) is 1. The van der Waals surface area contributed by atoms with Crippen molar-refractivity contribution in [1.82, 2.24) is 4.98 Å². The molecule has 3 aromatic rings. The zero-order chi connectivity index (χ0) is 18.0. The fourth-order valence-corrected chi connectivity index (χ4v) is 3.29. The van der Waals surface area contributed by atoms with Crippen LogP contribution in [-0.2, 0) is 12.6 Å². The van der Waals surface area contributed by atoms with Gasteiger partial charge in [0, 0.05) is 16.3 Å². The normalized spacial score (nSPS) is 13.3. The second kappa shape index (κ2) is 7.11. The lowest BCUT2D eigenvalue weighted by atomic mass is 9.99. The highest BCUT2D eigenvalue weighted by molar-refractivity contribution is 7.08. The van der Waals surface area contributed by atoms with Gasteiger partial charge in [-0.3, -0.25) is 0 Å². The average Bonchev–Trinajstić information content (AvgIpc) is 3.11. The molecule has 0 saturated heterocycles. The van der Waals surface area contributed by atoms with Gasteiger partial charge in [-0.2, -0.15) is 24.5 Å². The number of aliphatic hydroxyl groups is 2. The number of pyridine rings is 1. The van der Waals surface area contributed by atoms with Gasteiger partial charge in [0.25, 0.3) is 0 Å². The Morgan fingerprint density at radius 3 is 2.60 bits per heavy atom. The molecule has 0 radical (unpaired) electrons. The highest BCUT2D eigenvalue weighted by atomic mass is 32.1. The second-order valence-electron chi connectivity index (χ2n) is 5.79. The first kappa shape index (κ1) is 17.8. The van der Waals surface area contributed by atoms with E-state index in [2.05, 4.69) is 4.98 Å². The predicted octanol–water partition coefficient (Wildman–Crippen LogP) is 4.27. The number of rotatable bonds is 5. The molecule has 0 saturated carbocycles. The Kier molecular flexibility index (Phi) is 5.08. The van der Waals surface area contributed by atoms with Crippen LogP contribution in [0, 0.1) is 0 Å². The molecule has 0 aliphatic heterocycles. The zero-order valence-corrected chi connectivity index (χ0v) is 13.9. The SMILES string of the molecule is OCC(O)CCc1cc2cc(C(F)(F)F)ccc2nc1-c1ccsc1. The summed E-state index contributed by atoms with van der Waals surface area (Å²) < 4.78 is 38.8. The fraction of sp³-hybridized carbons (Fsp3) is 0.278. The molecule has 132 valence electrons. The molecule has 0 aliphatic carbocycles. The van der Waals surface area contributed by atoms with Crippen molar-refractivity contribution in [2.24, 2.45) is 0 Å². The number of alkyl halides is 3. The number of aromatic nitrogens is 1. The lowest BCUT2D eigenvalue weighted by Crippen LogP contribution is -2.13. The summed E-state index contributed by atoms with van der Waals surface area (Å²) in [4.78, 5) is 4.54. The van der Waals surface area contributed by atoms with Crippen molar-refractivity contribution in [3.05, 3.63) is 52.2 Å². The summed E-state index contributed by atoms with van der Waals surface area (Å²) in [6.07, 6.45) is -4.56. The van der Waals surface area contributed by atoms with Crippen LogP contribution in [0.5, 0.6) is 0 Å². The molecule has 1 atom stereocenters. The molecular weight excluding hydrogens is 351 g/mol. The third-order valence-corrected chi connectivity index (χ3v) is 4.66. The van der Waals surface area contributed by atoms with Crippen molar-refractivity contribution in [2.75, 3.05) is 6.61 Å². The fourth-order valence-electron chi connectivity index (χ4n) is 2.65. The zero-order valence-electron chi connectivity index (χ0n) is 13.1. The van der Waals surface area contributed by atoms with Crippen molar-refractivity contribution in [1.29, 1.82) is 0 Å². The molecule has 0 spiro atoms. The van der Waals surface area contributed by atoms with Crippen LogP contribution in [0.3, 0.4) is 0 Å². The predicted molar refractivity (Wildman–Crippen MR) is 91.5 cm³/mol. The molecule has 2 heterocycles. The van der Waals surface area contributed by atoms with Crippen LogP contribution in [0.1, 0.15) is 17.5 Å².